The van der Waals surface area contributed by atoms with Crippen molar-refractivity contribution in [2.45, 2.75) is 25.7 Å². The molecule has 2 N–H and O–H groups in total. The molecule has 3 rings (SSSR count). The third-order valence-electron chi connectivity index (χ3n) is 3.73. The predicted octanol–water partition coefficient (Wildman–Crippen LogP) is 3.44. The van der Waals surface area contributed by atoms with E-state index in [1.54, 1.807) is 6.21 Å². The van der Waals surface area contributed by atoms with E-state index in [0.29, 0.717) is 5.69 Å². The maximum atomic E-state index is 12.2. The quantitative estimate of drug-likeness (QED) is 0.637. The summed E-state index contributed by atoms with van der Waals surface area (Å²) in [5.74, 6) is -0.277. The van der Waals surface area contributed by atoms with Gasteiger partial charge in [0.2, 0.25) is 0 Å². The van der Waals surface area contributed by atoms with Crippen molar-refractivity contribution in [3.63, 3.8) is 0 Å². The van der Waals surface area contributed by atoms with Gasteiger partial charge in [0, 0.05) is 15.7 Å². The smallest absolute Gasteiger partial charge is 0.281 e. The largest absolute Gasteiger partial charge is 0.292 e. The van der Waals surface area contributed by atoms with Crippen LogP contribution in [0.1, 0.15) is 40.2 Å². The maximum absolute atomic E-state index is 12.2. The van der Waals surface area contributed by atoms with Crippen LogP contribution in [0.2, 0.25) is 0 Å². The molecule has 0 aliphatic heterocycles. The number of carbonyl (C=O) groups is 1. The summed E-state index contributed by atoms with van der Waals surface area (Å²) in [6, 6.07) is 9.87. The van der Waals surface area contributed by atoms with Crippen molar-refractivity contribution < 1.29 is 4.79 Å². The average Bonchev–Trinajstić information content (AvgIpc) is 3.00. The van der Waals surface area contributed by atoms with Crippen molar-refractivity contribution in [2.75, 3.05) is 0 Å². The standard InChI is InChI=1S/C17H17BrN4O/c18-13(10-12-6-2-1-3-7-12)11-19-22-17(23)16-14-8-4-5-9-15(14)20-21-16/h1-3,6-7,10-11H,4-5,8-9H2,(H,20,21)(H,22,23). The van der Waals surface area contributed by atoms with Gasteiger partial charge in [-0.15, -0.1) is 0 Å². The molecule has 1 aromatic heterocycles. The Morgan fingerprint density at radius 1 is 1.26 bits per heavy atom. The molecule has 1 aliphatic carbocycles. The van der Waals surface area contributed by atoms with Crippen molar-refractivity contribution >= 4 is 34.1 Å². The van der Waals surface area contributed by atoms with E-state index in [9.17, 15) is 4.79 Å². The fraction of sp³-hybridized carbons (Fsp3) is 0.235. The summed E-state index contributed by atoms with van der Waals surface area (Å²) < 4.78 is 0.771. The highest BCUT2D eigenvalue weighted by atomic mass is 79.9. The zero-order valence-electron chi connectivity index (χ0n) is 12.6. The number of nitrogens with zero attached hydrogens (tertiary/aromatic N) is 2. The third-order valence-corrected chi connectivity index (χ3v) is 4.16. The topological polar surface area (TPSA) is 70.1 Å². The van der Waals surface area contributed by atoms with Crippen molar-refractivity contribution in [3.05, 3.63) is 57.3 Å². The van der Waals surface area contributed by atoms with Gasteiger partial charge in [-0.05, 0) is 53.3 Å². The molecule has 5 nitrogen and oxygen atoms in total. The van der Waals surface area contributed by atoms with Gasteiger partial charge in [-0.25, -0.2) is 5.43 Å². The number of aromatic amines is 1. The van der Waals surface area contributed by atoms with E-state index in [4.69, 9.17) is 0 Å². The normalized spacial score (nSPS) is 14.7. The zero-order valence-corrected chi connectivity index (χ0v) is 14.1. The fourth-order valence-electron chi connectivity index (χ4n) is 2.62. The average molecular weight is 373 g/mol. The van der Waals surface area contributed by atoms with Crippen LogP contribution in [0.3, 0.4) is 0 Å². The molecule has 6 heteroatoms. The highest BCUT2D eigenvalue weighted by molar-refractivity contribution is 9.12. The van der Waals surface area contributed by atoms with Gasteiger partial charge in [0.1, 0.15) is 0 Å². The summed E-state index contributed by atoms with van der Waals surface area (Å²) in [6.07, 6.45) is 7.59. The maximum Gasteiger partial charge on any atom is 0.292 e. The lowest BCUT2D eigenvalue weighted by molar-refractivity contribution is 0.0949. The number of hydrazone groups is 1. The number of H-pyrrole nitrogens is 1. The van der Waals surface area contributed by atoms with Gasteiger partial charge in [-0.3, -0.25) is 9.89 Å². The molecule has 1 aliphatic rings. The number of rotatable bonds is 4. The molecule has 0 saturated carbocycles. The summed E-state index contributed by atoms with van der Waals surface area (Å²) in [7, 11) is 0. The Hall–Kier alpha value is -2.21. The molecule has 0 spiro atoms. The molecule has 0 bridgehead atoms. The number of fused-ring (bicyclic) bond motifs is 1. The molecular formula is C17H17BrN4O. The number of hydrogen-bond donors (Lipinski definition) is 2. The lowest BCUT2D eigenvalue weighted by Crippen LogP contribution is -2.20. The third kappa shape index (κ3) is 3.96. The van der Waals surface area contributed by atoms with Crippen LogP contribution in [-0.2, 0) is 12.8 Å². The van der Waals surface area contributed by atoms with Crippen LogP contribution >= 0.6 is 15.9 Å². The van der Waals surface area contributed by atoms with Crippen LogP contribution in [0.15, 0.2) is 39.9 Å². The van der Waals surface area contributed by atoms with E-state index in [0.717, 1.165) is 47.0 Å². The van der Waals surface area contributed by atoms with Crippen LogP contribution in [0.5, 0.6) is 0 Å². The first-order valence-corrected chi connectivity index (χ1v) is 8.35. The van der Waals surface area contributed by atoms with E-state index in [1.807, 2.05) is 36.4 Å². The Labute approximate surface area is 143 Å². The number of benzene rings is 1. The number of amides is 1. The van der Waals surface area contributed by atoms with Gasteiger partial charge in [0.25, 0.3) is 5.91 Å². The number of nitrogens with one attached hydrogen (secondary N) is 2. The van der Waals surface area contributed by atoms with Crippen LogP contribution in [0.25, 0.3) is 6.08 Å². The van der Waals surface area contributed by atoms with Gasteiger partial charge >= 0.3 is 0 Å². The molecule has 0 atom stereocenters. The van der Waals surface area contributed by atoms with Crippen LogP contribution in [0, 0.1) is 0 Å². The molecule has 0 saturated heterocycles. The summed E-state index contributed by atoms with van der Waals surface area (Å²) in [4.78, 5) is 12.2. The summed E-state index contributed by atoms with van der Waals surface area (Å²) in [5, 5.41) is 11.1. The Morgan fingerprint density at radius 3 is 2.87 bits per heavy atom. The first-order valence-electron chi connectivity index (χ1n) is 7.56. The lowest BCUT2D eigenvalue weighted by atomic mass is 9.96. The molecule has 1 heterocycles. The Bertz CT molecular complexity index is 749. The van der Waals surface area contributed by atoms with Crippen LogP contribution in [0.4, 0.5) is 0 Å². The number of aryl methyl sites for hydroxylation is 1. The van der Waals surface area contributed by atoms with Crippen LogP contribution < -0.4 is 5.43 Å². The fourth-order valence-corrected chi connectivity index (χ4v) is 2.99. The first-order chi connectivity index (χ1) is 11.2. The summed E-state index contributed by atoms with van der Waals surface area (Å²) >= 11 is 3.41. The second kappa shape index (κ2) is 7.37. The molecule has 0 radical (unpaired) electrons. The van der Waals surface area contributed by atoms with E-state index in [1.165, 1.54) is 0 Å². The van der Waals surface area contributed by atoms with Gasteiger partial charge < -0.3 is 0 Å². The number of allylic oxidation sites excluding steroid dienone is 1. The number of carbonyl (C=O) groups excluding carboxylic acids is 1. The zero-order chi connectivity index (χ0) is 16.1. The van der Waals surface area contributed by atoms with Crippen molar-refractivity contribution in [3.8, 4) is 0 Å². The minimum Gasteiger partial charge on any atom is -0.281 e. The Balaban J connectivity index is 1.63. The lowest BCUT2D eigenvalue weighted by Gasteiger charge is -2.10. The minimum absolute atomic E-state index is 0.277. The molecule has 1 amide bonds. The molecule has 118 valence electrons. The van der Waals surface area contributed by atoms with Crippen LogP contribution in [-0.4, -0.2) is 22.3 Å². The van der Waals surface area contributed by atoms with E-state index in [2.05, 4.69) is 36.7 Å². The van der Waals surface area contributed by atoms with E-state index in [-0.39, 0.29) is 5.91 Å². The minimum atomic E-state index is -0.277. The summed E-state index contributed by atoms with van der Waals surface area (Å²) in [6.45, 7) is 0. The Kier molecular flexibility index (Phi) is 5.02. The predicted molar refractivity (Wildman–Crippen MR) is 94.5 cm³/mol. The first kappa shape index (κ1) is 15.7. The molecular weight excluding hydrogens is 356 g/mol. The van der Waals surface area contributed by atoms with Gasteiger partial charge in [-0.2, -0.15) is 10.2 Å². The second-order valence-corrected chi connectivity index (χ2v) is 6.29. The molecule has 23 heavy (non-hydrogen) atoms. The number of aromatic nitrogens is 2. The van der Waals surface area contributed by atoms with Crippen molar-refractivity contribution in [1.29, 1.82) is 0 Å². The van der Waals surface area contributed by atoms with E-state index < -0.39 is 0 Å². The van der Waals surface area contributed by atoms with Gasteiger partial charge in [0.05, 0.1) is 6.21 Å². The molecule has 1 aromatic carbocycles. The number of hydrogen-bond acceptors (Lipinski definition) is 3. The second-order valence-electron chi connectivity index (χ2n) is 5.38. The van der Waals surface area contributed by atoms with Crippen molar-refractivity contribution in [1.82, 2.24) is 15.6 Å². The molecule has 0 unspecified atom stereocenters. The van der Waals surface area contributed by atoms with Gasteiger partial charge in [-0.1, -0.05) is 30.3 Å². The Morgan fingerprint density at radius 2 is 2.04 bits per heavy atom. The van der Waals surface area contributed by atoms with Crippen molar-refractivity contribution in [2.24, 2.45) is 5.10 Å². The highest BCUT2D eigenvalue weighted by Gasteiger charge is 2.21. The van der Waals surface area contributed by atoms with E-state index >= 15 is 0 Å². The highest BCUT2D eigenvalue weighted by Crippen LogP contribution is 2.21. The SMILES string of the molecule is O=C(NN=CC(Br)=Cc1ccccc1)c1n[nH]c2c1CCCC2. The molecule has 0 fully saturated rings. The van der Waals surface area contributed by atoms with Gasteiger partial charge in [0.15, 0.2) is 5.69 Å². The number of halogens is 1. The molecule has 2 aromatic rings. The monoisotopic (exact) mass is 372 g/mol. The summed E-state index contributed by atoms with van der Waals surface area (Å²) in [5.41, 5.74) is 6.15.